The van der Waals surface area contributed by atoms with Crippen molar-refractivity contribution in [3.63, 3.8) is 0 Å². The minimum absolute atomic E-state index is 0.119. The largest absolute Gasteiger partial charge is 0.393 e. The Morgan fingerprint density at radius 1 is 1.43 bits per heavy atom. The van der Waals surface area contributed by atoms with Gasteiger partial charge in [-0.05, 0) is 31.7 Å². The Kier molecular flexibility index (Phi) is 6.15. The summed E-state index contributed by atoms with van der Waals surface area (Å²) in [6, 6.07) is 0. The van der Waals surface area contributed by atoms with Gasteiger partial charge in [0.2, 0.25) is 0 Å². The quantitative estimate of drug-likeness (QED) is 0.634. The third-order valence-electron chi connectivity index (χ3n) is 2.84. The van der Waals surface area contributed by atoms with Gasteiger partial charge in [0.15, 0.2) is 0 Å². The van der Waals surface area contributed by atoms with Crippen LogP contribution >= 0.6 is 0 Å². The second-order valence-corrected chi connectivity index (χ2v) is 4.07. The average molecular weight is 201 g/mol. The monoisotopic (exact) mass is 201 g/mol. The molecule has 1 saturated heterocycles. The predicted octanol–water partition coefficient (Wildman–Crippen LogP) is 1.16. The topological polar surface area (TPSA) is 41.5 Å². The lowest BCUT2D eigenvalue weighted by Gasteiger charge is -2.28. The van der Waals surface area contributed by atoms with Gasteiger partial charge in [0.25, 0.3) is 0 Å². The van der Waals surface area contributed by atoms with Crippen LogP contribution in [0.2, 0.25) is 0 Å². The van der Waals surface area contributed by atoms with Gasteiger partial charge in [-0.15, -0.1) is 0 Å². The average Bonchev–Trinajstić information content (AvgIpc) is 2.20. The van der Waals surface area contributed by atoms with Gasteiger partial charge < -0.3 is 15.2 Å². The predicted molar refractivity (Wildman–Crippen MR) is 57.3 cm³/mol. The van der Waals surface area contributed by atoms with Crippen LogP contribution < -0.4 is 5.32 Å². The molecule has 3 heteroatoms. The lowest BCUT2D eigenvalue weighted by atomic mass is 9.93. The summed E-state index contributed by atoms with van der Waals surface area (Å²) in [6.07, 6.45) is 4.09. The van der Waals surface area contributed by atoms with E-state index in [1.807, 2.05) is 0 Å². The Bertz CT molecular complexity index is 141. The lowest BCUT2D eigenvalue weighted by molar-refractivity contribution is 0.0466. The molecule has 1 aliphatic rings. The molecule has 0 amide bonds. The van der Waals surface area contributed by atoms with Gasteiger partial charge in [-0.25, -0.2) is 0 Å². The molecule has 0 aromatic heterocycles. The van der Waals surface area contributed by atoms with Crippen LogP contribution in [0.15, 0.2) is 0 Å². The standard InChI is InChI=1S/C11H23NO2/c1-2-3-7-14-8-5-10-9-12-6-4-11(10)13/h10-13H,2-9H2,1H3. The van der Waals surface area contributed by atoms with Gasteiger partial charge in [-0.1, -0.05) is 13.3 Å². The first kappa shape index (κ1) is 12.0. The molecule has 2 N–H and O–H groups in total. The molecule has 2 atom stereocenters. The van der Waals surface area contributed by atoms with E-state index in [0.29, 0.717) is 5.92 Å². The summed E-state index contributed by atoms with van der Waals surface area (Å²) in [4.78, 5) is 0. The highest BCUT2D eigenvalue weighted by molar-refractivity contribution is 4.76. The maximum absolute atomic E-state index is 9.68. The Labute approximate surface area is 86.8 Å². The van der Waals surface area contributed by atoms with Gasteiger partial charge in [-0.2, -0.15) is 0 Å². The maximum Gasteiger partial charge on any atom is 0.0593 e. The van der Waals surface area contributed by atoms with E-state index in [2.05, 4.69) is 12.2 Å². The van der Waals surface area contributed by atoms with Gasteiger partial charge >= 0.3 is 0 Å². The molecule has 2 unspecified atom stereocenters. The van der Waals surface area contributed by atoms with Crippen LogP contribution in [0.5, 0.6) is 0 Å². The van der Waals surface area contributed by atoms with E-state index < -0.39 is 0 Å². The molecule has 3 nitrogen and oxygen atoms in total. The second kappa shape index (κ2) is 7.21. The highest BCUT2D eigenvalue weighted by atomic mass is 16.5. The molecular weight excluding hydrogens is 178 g/mol. The second-order valence-electron chi connectivity index (χ2n) is 4.07. The number of hydrogen-bond donors (Lipinski definition) is 2. The van der Waals surface area contributed by atoms with E-state index in [1.54, 1.807) is 0 Å². The maximum atomic E-state index is 9.68. The van der Waals surface area contributed by atoms with E-state index in [1.165, 1.54) is 6.42 Å². The molecule has 14 heavy (non-hydrogen) atoms. The van der Waals surface area contributed by atoms with Crippen LogP contribution in [0.25, 0.3) is 0 Å². The first-order valence-corrected chi connectivity index (χ1v) is 5.81. The fourth-order valence-electron chi connectivity index (χ4n) is 1.79. The molecule has 0 spiro atoms. The number of ether oxygens (including phenoxy) is 1. The fraction of sp³-hybridized carbons (Fsp3) is 1.00. The molecule has 0 aromatic carbocycles. The van der Waals surface area contributed by atoms with Crippen LogP contribution in [0, 0.1) is 5.92 Å². The minimum Gasteiger partial charge on any atom is -0.393 e. The normalized spacial score (nSPS) is 27.9. The number of rotatable bonds is 6. The third-order valence-corrected chi connectivity index (χ3v) is 2.84. The molecule has 0 aliphatic carbocycles. The van der Waals surface area contributed by atoms with E-state index in [4.69, 9.17) is 4.74 Å². The molecule has 1 fully saturated rings. The Balaban J connectivity index is 1.99. The molecule has 1 heterocycles. The van der Waals surface area contributed by atoms with Crippen molar-refractivity contribution < 1.29 is 9.84 Å². The van der Waals surface area contributed by atoms with Crippen molar-refractivity contribution in [1.82, 2.24) is 5.32 Å². The first-order valence-electron chi connectivity index (χ1n) is 5.81. The molecular formula is C11H23NO2. The van der Waals surface area contributed by atoms with Crippen molar-refractivity contribution in [2.75, 3.05) is 26.3 Å². The number of aliphatic hydroxyl groups excluding tert-OH is 1. The zero-order chi connectivity index (χ0) is 10.2. The van der Waals surface area contributed by atoms with Crippen molar-refractivity contribution in [1.29, 1.82) is 0 Å². The van der Waals surface area contributed by atoms with Gasteiger partial charge in [-0.3, -0.25) is 0 Å². The van der Waals surface area contributed by atoms with Crippen LogP contribution in [0.4, 0.5) is 0 Å². The summed E-state index contributed by atoms with van der Waals surface area (Å²) in [5, 5.41) is 13.0. The molecule has 0 aromatic rings. The summed E-state index contributed by atoms with van der Waals surface area (Å²) >= 11 is 0. The molecule has 0 radical (unpaired) electrons. The smallest absolute Gasteiger partial charge is 0.0593 e. The van der Waals surface area contributed by atoms with Gasteiger partial charge in [0, 0.05) is 19.8 Å². The van der Waals surface area contributed by atoms with Crippen molar-refractivity contribution in [3.8, 4) is 0 Å². The zero-order valence-corrected chi connectivity index (χ0v) is 9.17. The molecule has 0 bridgehead atoms. The van der Waals surface area contributed by atoms with Crippen LogP contribution in [-0.2, 0) is 4.74 Å². The van der Waals surface area contributed by atoms with E-state index in [-0.39, 0.29) is 6.10 Å². The molecule has 1 rings (SSSR count). The number of aliphatic hydroxyl groups is 1. The first-order chi connectivity index (χ1) is 6.84. The lowest BCUT2D eigenvalue weighted by Crippen LogP contribution is -2.40. The summed E-state index contributed by atoms with van der Waals surface area (Å²) in [6.45, 7) is 5.72. The van der Waals surface area contributed by atoms with Gasteiger partial charge in [0.1, 0.15) is 0 Å². The summed E-state index contributed by atoms with van der Waals surface area (Å²) in [5.41, 5.74) is 0. The Hall–Kier alpha value is -0.120. The van der Waals surface area contributed by atoms with Crippen LogP contribution in [0.1, 0.15) is 32.6 Å². The zero-order valence-electron chi connectivity index (χ0n) is 9.17. The number of nitrogens with one attached hydrogen (secondary N) is 1. The van der Waals surface area contributed by atoms with Crippen LogP contribution in [0.3, 0.4) is 0 Å². The number of piperidine rings is 1. The highest BCUT2D eigenvalue weighted by Gasteiger charge is 2.21. The van der Waals surface area contributed by atoms with Crippen molar-refractivity contribution in [2.24, 2.45) is 5.92 Å². The minimum atomic E-state index is -0.119. The SMILES string of the molecule is CCCCOCCC1CNCCC1O. The molecule has 1 aliphatic heterocycles. The molecule has 84 valence electrons. The highest BCUT2D eigenvalue weighted by Crippen LogP contribution is 2.14. The summed E-state index contributed by atoms with van der Waals surface area (Å²) < 4.78 is 5.49. The Morgan fingerprint density at radius 2 is 2.29 bits per heavy atom. The Morgan fingerprint density at radius 3 is 3.00 bits per heavy atom. The summed E-state index contributed by atoms with van der Waals surface area (Å²) in [5.74, 6) is 0.394. The fourth-order valence-corrected chi connectivity index (χ4v) is 1.79. The number of hydrogen-bond acceptors (Lipinski definition) is 3. The van der Waals surface area contributed by atoms with Crippen LogP contribution in [-0.4, -0.2) is 37.5 Å². The molecule has 0 saturated carbocycles. The van der Waals surface area contributed by atoms with Gasteiger partial charge in [0.05, 0.1) is 6.10 Å². The summed E-state index contributed by atoms with van der Waals surface area (Å²) in [7, 11) is 0. The van der Waals surface area contributed by atoms with E-state index in [9.17, 15) is 5.11 Å². The van der Waals surface area contributed by atoms with E-state index in [0.717, 1.165) is 45.6 Å². The van der Waals surface area contributed by atoms with Crippen molar-refractivity contribution >= 4 is 0 Å². The van der Waals surface area contributed by atoms with Crippen molar-refractivity contribution in [3.05, 3.63) is 0 Å². The van der Waals surface area contributed by atoms with E-state index >= 15 is 0 Å². The number of unbranched alkanes of at least 4 members (excludes halogenated alkanes) is 1. The van der Waals surface area contributed by atoms with Crippen molar-refractivity contribution in [2.45, 2.75) is 38.7 Å². The third kappa shape index (κ3) is 4.40.